The van der Waals surface area contributed by atoms with Gasteiger partial charge in [-0.05, 0) is 55.7 Å². The summed E-state index contributed by atoms with van der Waals surface area (Å²) in [6, 6.07) is 11.7. The second-order valence-electron chi connectivity index (χ2n) is 10.4. The second-order valence-corrected chi connectivity index (χ2v) is 10.4. The minimum absolute atomic E-state index is 0.364. The number of aromatic nitrogens is 5. The van der Waals surface area contributed by atoms with Crippen molar-refractivity contribution in [3.05, 3.63) is 71.9 Å². The average molecular weight is 519 g/mol. The summed E-state index contributed by atoms with van der Waals surface area (Å²) < 4.78 is 28.6. The van der Waals surface area contributed by atoms with Crippen LogP contribution in [0.4, 0.5) is 26.2 Å². The monoisotopic (exact) mass is 518 g/mol. The van der Waals surface area contributed by atoms with Gasteiger partial charge in [-0.2, -0.15) is 10.1 Å². The summed E-state index contributed by atoms with van der Waals surface area (Å²) in [5.74, 6) is -1.93. The molecule has 3 aromatic heterocycles. The number of fused-ring (bicyclic) bond motifs is 1. The Kier molecular flexibility index (Phi) is 5.48. The Morgan fingerprint density at radius 3 is 2.55 bits per heavy atom. The van der Waals surface area contributed by atoms with E-state index < -0.39 is 24.6 Å². The Bertz CT molecular complexity index is 1490. The molecule has 9 nitrogen and oxygen atoms in total. The van der Waals surface area contributed by atoms with Gasteiger partial charge in [-0.15, -0.1) is 0 Å². The van der Waals surface area contributed by atoms with E-state index in [1.165, 1.54) is 4.90 Å². The molecule has 1 saturated heterocycles. The molecule has 1 fully saturated rings. The van der Waals surface area contributed by atoms with Crippen LogP contribution in [-0.2, 0) is 19.0 Å². The van der Waals surface area contributed by atoms with E-state index in [0.29, 0.717) is 30.4 Å². The van der Waals surface area contributed by atoms with E-state index in [-0.39, 0.29) is 5.91 Å². The molecule has 196 valence electrons. The molecule has 0 aliphatic carbocycles. The van der Waals surface area contributed by atoms with E-state index in [4.69, 9.17) is 4.98 Å². The summed E-state index contributed by atoms with van der Waals surface area (Å²) in [7, 11) is 1.82. The van der Waals surface area contributed by atoms with Gasteiger partial charge in [0.15, 0.2) is 0 Å². The van der Waals surface area contributed by atoms with Gasteiger partial charge in [0.25, 0.3) is 11.8 Å². The van der Waals surface area contributed by atoms with Crippen molar-refractivity contribution in [2.45, 2.75) is 31.7 Å². The van der Waals surface area contributed by atoms with Gasteiger partial charge >= 0.3 is 0 Å². The van der Waals surface area contributed by atoms with Gasteiger partial charge < -0.3 is 19.7 Å². The third kappa shape index (κ3) is 4.07. The SMILES string of the molecule is Cn1c(C(=O)N2CC(F)(F)C2)cc2c1C(C)(C)N(c1nccc(Nc3ccc(-c4cn[nH]c4)cc3)n1)CC2. The van der Waals surface area contributed by atoms with Gasteiger partial charge in [-0.3, -0.25) is 9.89 Å². The smallest absolute Gasteiger partial charge is 0.282 e. The maximum absolute atomic E-state index is 13.4. The van der Waals surface area contributed by atoms with E-state index in [9.17, 15) is 13.6 Å². The first-order valence-electron chi connectivity index (χ1n) is 12.5. The Hall–Kier alpha value is -4.28. The number of hydrogen-bond acceptors (Lipinski definition) is 6. The van der Waals surface area contributed by atoms with Crippen molar-refractivity contribution in [3.63, 3.8) is 0 Å². The zero-order valence-corrected chi connectivity index (χ0v) is 21.4. The number of amides is 1. The Labute approximate surface area is 218 Å². The molecule has 0 saturated carbocycles. The van der Waals surface area contributed by atoms with Gasteiger partial charge in [-0.25, -0.2) is 13.8 Å². The fourth-order valence-electron chi connectivity index (χ4n) is 5.52. The quantitative estimate of drug-likeness (QED) is 0.408. The maximum Gasteiger partial charge on any atom is 0.282 e. The van der Waals surface area contributed by atoms with E-state index in [1.807, 2.05) is 54.2 Å². The molecular weight excluding hydrogens is 490 g/mol. The van der Waals surface area contributed by atoms with Crippen LogP contribution in [0.1, 0.15) is 35.6 Å². The number of benzene rings is 1. The number of aromatic amines is 1. The van der Waals surface area contributed by atoms with Gasteiger partial charge in [0.05, 0.1) is 24.8 Å². The summed E-state index contributed by atoms with van der Waals surface area (Å²) in [4.78, 5) is 25.6. The van der Waals surface area contributed by atoms with Crippen LogP contribution < -0.4 is 10.2 Å². The standard InChI is InChI=1S/C27H28F2N8O/c1-26(2)23-18(12-21(35(23)3)24(38)36-15-27(28,29)16-36)9-11-37(26)25-30-10-8-22(34-25)33-20-6-4-17(5-7-20)19-13-31-32-14-19/h4-8,10,12-14H,9,11,15-16H2,1-3H3,(H,31,32)(H,30,33,34). The molecule has 0 spiro atoms. The summed E-state index contributed by atoms with van der Waals surface area (Å²) in [5, 5.41) is 10.2. The molecule has 0 bridgehead atoms. The molecule has 2 aliphatic rings. The lowest BCUT2D eigenvalue weighted by molar-refractivity contribution is -0.113. The molecule has 0 unspecified atom stereocenters. The second kappa shape index (κ2) is 8.64. The number of nitrogens with zero attached hydrogens (tertiary/aromatic N) is 6. The number of likely N-dealkylation sites (tertiary alicyclic amines) is 1. The van der Waals surface area contributed by atoms with Crippen molar-refractivity contribution in [2.75, 3.05) is 29.9 Å². The fraction of sp³-hybridized carbons (Fsp3) is 0.333. The molecule has 11 heteroatoms. The lowest BCUT2D eigenvalue weighted by Crippen LogP contribution is -2.58. The lowest BCUT2D eigenvalue weighted by atomic mass is 9.89. The largest absolute Gasteiger partial charge is 0.341 e. The highest BCUT2D eigenvalue weighted by Crippen LogP contribution is 2.39. The van der Waals surface area contributed by atoms with E-state index in [2.05, 4.69) is 39.2 Å². The van der Waals surface area contributed by atoms with Crippen molar-refractivity contribution in [1.29, 1.82) is 0 Å². The van der Waals surface area contributed by atoms with Gasteiger partial charge in [0, 0.05) is 42.9 Å². The first-order chi connectivity index (χ1) is 18.1. The number of hydrogen-bond donors (Lipinski definition) is 2. The lowest BCUT2D eigenvalue weighted by Gasteiger charge is -2.43. The highest BCUT2D eigenvalue weighted by Gasteiger charge is 2.48. The average Bonchev–Trinajstić information content (AvgIpc) is 3.51. The van der Waals surface area contributed by atoms with Crippen LogP contribution in [0.3, 0.4) is 0 Å². The highest BCUT2D eigenvalue weighted by molar-refractivity contribution is 5.94. The van der Waals surface area contributed by atoms with Crippen molar-refractivity contribution < 1.29 is 13.6 Å². The normalized spacial score (nSPS) is 17.6. The summed E-state index contributed by atoms with van der Waals surface area (Å²) in [5.41, 5.74) is 4.85. The Morgan fingerprint density at radius 1 is 1.11 bits per heavy atom. The summed E-state index contributed by atoms with van der Waals surface area (Å²) in [6.45, 7) is 3.72. The van der Waals surface area contributed by atoms with Crippen LogP contribution in [-0.4, -0.2) is 61.1 Å². The van der Waals surface area contributed by atoms with Crippen LogP contribution in [0.5, 0.6) is 0 Å². The molecular formula is C27H28F2N8O. The summed E-state index contributed by atoms with van der Waals surface area (Å²) >= 11 is 0. The minimum atomic E-state index is -2.80. The predicted molar refractivity (Wildman–Crippen MR) is 140 cm³/mol. The topological polar surface area (TPSA) is 95.0 Å². The minimum Gasteiger partial charge on any atom is -0.341 e. The van der Waals surface area contributed by atoms with Gasteiger partial charge in [0.1, 0.15) is 11.5 Å². The van der Waals surface area contributed by atoms with Crippen LogP contribution in [0.15, 0.2) is 55.0 Å². The fourth-order valence-corrected chi connectivity index (χ4v) is 5.52. The molecule has 1 aromatic carbocycles. The number of nitrogens with one attached hydrogen (secondary N) is 2. The van der Waals surface area contributed by atoms with Crippen molar-refractivity contribution in [2.24, 2.45) is 7.05 Å². The molecule has 0 radical (unpaired) electrons. The van der Waals surface area contributed by atoms with Gasteiger partial charge in [0.2, 0.25) is 5.95 Å². The number of carbonyl (C=O) groups is 1. The third-order valence-corrected chi connectivity index (χ3v) is 7.39. The van der Waals surface area contributed by atoms with Crippen LogP contribution >= 0.6 is 0 Å². The van der Waals surface area contributed by atoms with Crippen LogP contribution in [0, 0.1) is 0 Å². The van der Waals surface area contributed by atoms with Crippen LogP contribution in [0.25, 0.3) is 11.1 Å². The molecule has 1 amide bonds. The predicted octanol–water partition coefficient (Wildman–Crippen LogP) is 4.34. The van der Waals surface area contributed by atoms with E-state index in [1.54, 1.807) is 12.4 Å². The van der Waals surface area contributed by atoms with E-state index >= 15 is 0 Å². The zero-order valence-electron chi connectivity index (χ0n) is 21.4. The number of anilines is 3. The first-order valence-corrected chi connectivity index (χ1v) is 12.5. The molecule has 5 heterocycles. The first kappa shape index (κ1) is 24.1. The Morgan fingerprint density at radius 2 is 1.87 bits per heavy atom. The third-order valence-electron chi connectivity index (χ3n) is 7.39. The number of H-pyrrole nitrogens is 1. The molecule has 4 aromatic rings. The molecule has 38 heavy (non-hydrogen) atoms. The maximum atomic E-state index is 13.4. The van der Waals surface area contributed by atoms with Gasteiger partial charge in [-0.1, -0.05) is 12.1 Å². The highest BCUT2D eigenvalue weighted by atomic mass is 19.3. The molecule has 2 N–H and O–H groups in total. The van der Waals surface area contributed by atoms with E-state index in [0.717, 1.165) is 28.1 Å². The molecule has 6 rings (SSSR count). The number of alkyl halides is 2. The zero-order chi connectivity index (χ0) is 26.7. The van der Waals surface area contributed by atoms with Crippen molar-refractivity contribution in [3.8, 4) is 11.1 Å². The van der Waals surface area contributed by atoms with Crippen molar-refractivity contribution >= 4 is 23.4 Å². The molecule has 2 aliphatic heterocycles. The molecule has 0 atom stereocenters. The van der Waals surface area contributed by atoms with Crippen LogP contribution in [0.2, 0.25) is 0 Å². The van der Waals surface area contributed by atoms with Crippen molar-refractivity contribution in [1.82, 2.24) is 29.6 Å². The number of carbonyl (C=O) groups excluding carboxylic acids is 1. The number of halogens is 2. The summed E-state index contributed by atoms with van der Waals surface area (Å²) in [6.07, 6.45) is 6.03. The Balaban J connectivity index is 1.23. The number of rotatable bonds is 5.